The average Bonchev–Trinajstić information content (AvgIpc) is 2.45. The lowest BCUT2D eigenvalue weighted by atomic mass is 10.0. The first-order valence-electron chi connectivity index (χ1n) is 6.78. The number of aliphatic hydroxyl groups excluding tert-OH is 2. The van der Waals surface area contributed by atoms with Crippen LogP contribution in [0.25, 0.3) is 0 Å². The first-order valence-corrected chi connectivity index (χ1v) is 6.78. The number of hydrogen-bond acceptors (Lipinski definition) is 5. The van der Waals surface area contributed by atoms with Gasteiger partial charge >= 0.3 is 0 Å². The summed E-state index contributed by atoms with van der Waals surface area (Å²) in [5.74, 6) is 0. The van der Waals surface area contributed by atoms with Crippen molar-refractivity contribution in [2.75, 3.05) is 13.2 Å². The molecule has 0 aliphatic heterocycles. The van der Waals surface area contributed by atoms with Crippen LogP contribution in [0.2, 0.25) is 0 Å². The van der Waals surface area contributed by atoms with Crippen LogP contribution in [0, 0.1) is 10.1 Å². The van der Waals surface area contributed by atoms with E-state index in [-0.39, 0.29) is 12.3 Å². The van der Waals surface area contributed by atoms with Crippen LogP contribution in [0.5, 0.6) is 0 Å². The van der Waals surface area contributed by atoms with E-state index in [0.29, 0.717) is 12.1 Å². The molecule has 0 radical (unpaired) electrons. The second-order valence-corrected chi connectivity index (χ2v) is 4.35. The van der Waals surface area contributed by atoms with Gasteiger partial charge in [-0.25, -0.2) is 0 Å². The van der Waals surface area contributed by atoms with Gasteiger partial charge < -0.3 is 15.5 Å². The van der Waals surface area contributed by atoms with E-state index in [1.165, 1.54) is 30.7 Å². The number of nitro benzene ring substituents is 1. The number of aliphatic hydroxyl groups is 2. The summed E-state index contributed by atoms with van der Waals surface area (Å²) in [5, 5.41) is 32.4. The molecule has 1 rings (SSSR count). The molecular weight excluding hydrogens is 260 g/mol. The van der Waals surface area contributed by atoms with Gasteiger partial charge in [0, 0.05) is 12.1 Å². The van der Waals surface area contributed by atoms with E-state index in [1.54, 1.807) is 0 Å². The van der Waals surface area contributed by atoms with Crippen LogP contribution in [0.4, 0.5) is 5.69 Å². The zero-order valence-corrected chi connectivity index (χ0v) is 12.2. The molecule has 1 aromatic rings. The van der Waals surface area contributed by atoms with Gasteiger partial charge in [-0.05, 0) is 24.2 Å². The van der Waals surface area contributed by atoms with Gasteiger partial charge in [0.05, 0.1) is 23.7 Å². The summed E-state index contributed by atoms with van der Waals surface area (Å²) in [7, 11) is 0. The minimum atomic E-state index is -0.888. The Morgan fingerprint density at radius 1 is 1.25 bits per heavy atom. The van der Waals surface area contributed by atoms with Crippen molar-refractivity contribution in [3.8, 4) is 0 Å². The van der Waals surface area contributed by atoms with Gasteiger partial charge in [0.15, 0.2) is 0 Å². The summed E-state index contributed by atoms with van der Waals surface area (Å²) >= 11 is 0. The molecule has 20 heavy (non-hydrogen) atoms. The topological polar surface area (TPSA) is 95.6 Å². The Kier molecular flexibility index (Phi) is 9.53. The number of likely N-dealkylation sites (N-methyl/N-ethyl adjacent to an activating group) is 1. The van der Waals surface area contributed by atoms with Crippen molar-refractivity contribution in [3.05, 3.63) is 39.9 Å². The Labute approximate surface area is 119 Å². The normalized spacial score (nSPS) is 13.1. The van der Waals surface area contributed by atoms with Crippen LogP contribution in [0.1, 0.15) is 38.9 Å². The monoisotopic (exact) mass is 284 g/mol. The van der Waals surface area contributed by atoms with E-state index in [2.05, 4.69) is 19.2 Å². The Balaban J connectivity index is 0.00000110. The summed E-state index contributed by atoms with van der Waals surface area (Å²) in [6, 6.07) is 5.17. The number of nitrogens with one attached hydrogen (secondary N) is 1. The van der Waals surface area contributed by atoms with Crippen LogP contribution < -0.4 is 5.32 Å². The highest BCUT2D eigenvalue weighted by atomic mass is 16.6. The van der Waals surface area contributed by atoms with E-state index in [9.17, 15) is 15.2 Å². The molecule has 0 fully saturated rings. The molecule has 0 heterocycles. The first kappa shape index (κ1) is 18.5. The number of hydrogen-bond donors (Lipinski definition) is 3. The fourth-order valence-electron chi connectivity index (χ4n) is 1.56. The zero-order chi connectivity index (χ0) is 15.5. The lowest BCUT2D eigenvalue weighted by molar-refractivity contribution is -0.384. The second-order valence-electron chi connectivity index (χ2n) is 4.35. The third-order valence-electron chi connectivity index (χ3n) is 2.49. The van der Waals surface area contributed by atoms with Gasteiger partial charge in [0.25, 0.3) is 5.69 Å². The molecule has 0 aliphatic rings. The van der Waals surface area contributed by atoms with Gasteiger partial charge in [-0.1, -0.05) is 27.2 Å². The average molecular weight is 284 g/mol. The third kappa shape index (κ3) is 6.10. The molecule has 114 valence electrons. The Morgan fingerprint density at radius 3 is 2.10 bits per heavy atom. The van der Waals surface area contributed by atoms with Crippen LogP contribution >= 0.6 is 0 Å². The van der Waals surface area contributed by atoms with E-state index in [0.717, 1.165) is 0 Å². The molecule has 0 saturated carbocycles. The predicted molar refractivity (Wildman–Crippen MR) is 78.6 cm³/mol. The van der Waals surface area contributed by atoms with Gasteiger partial charge in [-0.2, -0.15) is 0 Å². The molecule has 2 atom stereocenters. The number of nitrogens with zero attached hydrogens (tertiary/aromatic N) is 1. The lowest BCUT2D eigenvalue weighted by Crippen LogP contribution is -2.37. The van der Waals surface area contributed by atoms with Crippen LogP contribution in [-0.2, 0) is 0 Å². The van der Waals surface area contributed by atoms with E-state index in [4.69, 9.17) is 5.11 Å². The smallest absolute Gasteiger partial charge is 0.269 e. The molecule has 3 N–H and O–H groups in total. The van der Waals surface area contributed by atoms with Gasteiger partial charge in [0.1, 0.15) is 0 Å². The molecule has 0 saturated heterocycles. The molecule has 0 bridgehead atoms. The SMILES string of the molecule is CCC.CCN[C@H](CO)[C@H](O)c1ccc([N+](=O)[O-])cc1. The van der Waals surface area contributed by atoms with Gasteiger partial charge in [-0.15, -0.1) is 0 Å². The highest BCUT2D eigenvalue weighted by Gasteiger charge is 2.19. The summed E-state index contributed by atoms with van der Waals surface area (Å²) in [6.07, 6.45) is 0.362. The Morgan fingerprint density at radius 2 is 1.75 bits per heavy atom. The summed E-state index contributed by atoms with van der Waals surface area (Å²) in [5.41, 5.74) is 0.514. The van der Waals surface area contributed by atoms with E-state index >= 15 is 0 Å². The molecule has 0 unspecified atom stereocenters. The van der Waals surface area contributed by atoms with Crippen molar-refractivity contribution in [2.45, 2.75) is 39.3 Å². The molecule has 1 aromatic carbocycles. The highest BCUT2D eigenvalue weighted by molar-refractivity contribution is 5.34. The van der Waals surface area contributed by atoms with Gasteiger partial charge in [-0.3, -0.25) is 10.1 Å². The molecule has 0 aliphatic carbocycles. The second kappa shape index (κ2) is 10.3. The Bertz CT molecular complexity index is 381. The van der Waals surface area contributed by atoms with Crippen molar-refractivity contribution in [1.82, 2.24) is 5.32 Å². The summed E-state index contributed by atoms with van der Waals surface area (Å²) in [6.45, 7) is 6.53. The Hall–Kier alpha value is -1.50. The van der Waals surface area contributed by atoms with Crippen molar-refractivity contribution >= 4 is 5.69 Å². The lowest BCUT2D eigenvalue weighted by Gasteiger charge is -2.21. The van der Waals surface area contributed by atoms with Crippen LogP contribution in [-0.4, -0.2) is 34.3 Å². The predicted octanol–water partition coefficient (Wildman–Crippen LogP) is 2.01. The summed E-state index contributed by atoms with van der Waals surface area (Å²) in [4.78, 5) is 9.97. The fraction of sp³-hybridized carbons (Fsp3) is 0.571. The highest BCUT2D eigenvalue weighted by Crippen LogP contribution is 2.20. The third-order valence-corrected chi connectivity index (χ3v) is 2.49. The van der Waals surface area contributed by atoms with E-state index in [1.807, 2.05) is 6.92 Å². The van der Waals surface area contributed by atoms with Crippen molar-refractivity contribution < 1.29 is 15.1 Å². The van der Waals surface area contributed by atoms with Crippen LogP contribution in [0.15, 0.2) is 24.3 Å². The minimum absolute atomic E-state index is 0.0232. The van der Waals surface area contributed by atoms with Crippen LogP contribution in [0.3, 0.4) is 0 Å². The number of benzene rings is 1. The van der Waals surface area contributed by atoms with Crippen molar-refractivity contribution in [3.63, 3.8) is 0 Å². The molecule has 6 heteroatoms. The number of non-ortho nitro benzene ring substituents is 1. The number of rotatable bonds is 6. The van der Waals surface area contributed by atoms with Gasteiger partial charge in [0.2, 0.25) is 0 Å². The van der Waals surface area contributed by atoms with Crippen molar-refractivity contribution in [1.29, 1.82) is 0 Å². The first-order chi connectivity index (χ1) is 9.51. The minimum Gasteiger partial charge on any atom is -0.395 e. The molecule has 6 nitrogen and oxygen atoms in total. The quantitative estimate of drug-likeness (QED) is 0.548. The number of nitro groups is 1. The van der Waals surface area contributed by atoms with Crippen molar-refractivity contribution in [2.24, 2.45) is 0 Å². The standard InChI is InChI=1S/C11H16N2O4.C3H8/c1-2-12-10(7-14)11(15)8-3-5-9(6-4-8)13(16)17;1-3-2/h3-6,10-12,14-15H,2,7H2,1H3;3H2,1-2H3/t10-,11-;/m1./s1. The maximum absolute atomic E-state index is 10.5. The fourth-order valence-corrected chi connectivity index (χ4v) is 1.56. The molecule has 0 aromatic heterocycles. The molecule has 0 amide bonds. The zero-order valence-electron chi connectivity index (χ0n) is 12.2. The summed E-state index contributed by atoms with van der Waals surface area (Å²) < 4.78 is 0. The maximum atomic E-state index is 10.5. The molecular formula is C14H24N2O4. The maximum Gasteiger partial charge on any atom is 0.269 e. The van der Waals surface area contributed by atoms with E-state index < -0.39 is 17.1 Å². The largest absolute Gasteiger partial charge is 0.395 e. The molecule has 0 spiro atoms.